The van der Waals surface area contributed by atoms with Gasteiger partial charge in [-0.1, -0.05) is 40.2 Å². The van der Waals surface area contributed by atoms with E-state index >= 15 is 0 Å². The van der Waals surface area contributed by atoms with Crippen molar-refractivity contribution in [3.63, 3.8) is 0 Å². The summed E-state index contributed by atoms with van der Waals surface area (Å²) >= 11 is 3.42. The molecule has 0 fully saturated rings. The maximum Gasteiger partial charge on any atom is 0.185 e. The second-order valence-electron chi connectivity index (χ2n) is 5.75. The van der Waals surface area contributed by atoms with Gasteiger partial charge in [0.05, 0.1) is 12.1 Å². The Morgan fingerprint density at radius 3 is 2.68 bits per heavy atom. The molecular weight excluding hydrogens is 385 g/mol. The molecule has 0 aliphatic carbocycles. The fraction of sp³-hybridized carbons (Fsp3) is 0.211. The van der Waals surface area contributed by atoms with Gasteiger partial charge in [-0.15, -0.1) is 5.06 Å². The number of hydroxylamine groups is 2. The molecule has 0 bridgehead atoms. The molecule has 4 nitrogen and oxygen atoms in total. The van der Waals surface area contributed by atoms with Crippen molar-refractivity contribution in [1.82, 2.24) is 14.8 Å². The molecule has 0 spiro atoms. The molecule has 0 aliphatic rings. The van der Waals surface area contributed by atoms with Gasteiger partial charge in [0, 0.05) is 35.6 Å². The van der Waals surface area contributed by atoms with Gasteiger partial charge in [0.15, 0.2) is 11.6 Å². The van der Waals surface area contributed by atoms with E-state index in [1.165, 1.54) is 6.07 Å². The fourth-order valence-corrected chi connectivity index (χ4v) is 2.87. The van der Waals surface area contributed by atoms with Crippen LogP contribution in [0.4, 0.5) is 4.39 Å². The molecule has 25 heavy (non-hydrogen) atoms. The maximum absolute atomic E-state index is 14.6. The van der Waals surface area contributed by atoms with E-state index in [2.05, 4.69) is 21.0 Å². The monoisotopic (exact) mass is 403 g/mol. The summed E-state index contributed by atoms with van der Waals surface area (Å²) < 4.78 is 17.3. The lowest BCUT2D eigenvalue weighted by Gasteiger charge is -2.16. The summed E-state index contributed by atoms with van der Waals surface area (Å²) in [5, 5.41) is 6.89. The zero-order chi connectivity index (χ0) is 18.0. The van der Waals surface area contributed by atoms with Crippen molar-refractivity contribution >= 4 is 26.8 Å². The number of nitrogens with zero attached hydrogens (tertiary/aromatic N) is 3. The Labute approximate surface area is 154 Å². The lowest BCUT2D eigenvalue weighted by Crippen LogP contribution is -2.23. The normalized spacial score (nSPS) is 11.8. The van der Waals surface area contributed by atoms with Crippen molar-refractivity contribution in [3.8, 4) is 17.0 Å². The molecule has 1 aromatic heterocycles. The van der Waals surface area contributed by atoms with Gasteiger partial charge in [-0.05, 0) is 25.1 Å². The minimum absolute atomic E-state index is 0.185. The minimum atomic E-state index is -0.411. The van der Waals surface area contributed by atoms with E-state index in [0.29, 0.717) is 6.54 Å². The van der Waals surface area contributed by atoms with E-state index in [9.17, 15) is 4.39 Å². The Bertz CT molecular complexity index is 919. The first-order chi connectivity index (χ1) is 12.0. The molecule has 0 radical (unpaired) electrons. The number of hydrogen-bond donors (Lipinski definition) is 0. The van der Waals surface area contributed by atoms with E-state index < -0.39 is 5.82 Å². The predicted molar refractivity (Wildman–Crippen MR) is 102 cm³/mol. The van der Waals surface area contributed by atoms with Crippen LogP contribution in [0.25, 0.3) is 22.2 Å². The Balaban J connectivity index is 2.01. The molecule has 0 atom stereocenters. The fourth-order valence-electron chi connectivity index (χ4n) is 2.61. The van der Waals surface area contributed by atoms with E-state index in [1.54, 1.807) is 22.9 Å². The molecule has 0 amide bonds. The number of halogens is 2. The van der Waals surface area contributed by atoms with Crippen molar-refractivity contribution < 1.29 is 9.23 Å². The quantitative estimate of drug-likeness (QED) is 0.446. The van der Waals surface area contributed by atoms with Crippen molar-refractivity contribution in [3.05, 3.63) is 58.8 Å². The Kier molecular flexibility index (Phi) is 5.20. The molecule has 1 heterocycles. The molecule has 0 saturated heterocycles. The Hall–Kier alpha value is -2.18. The average Bonchev–Trinajstić information content (AvgIpc) is 2.90. The van der Waals surface area contributed by atoms with Gasteiger partial charge in [-0.2, -0.15) is 5.10 Å². The largest absolute Gasteiger partial charge is 0.403 e. The zero-order valence-corrected chi connectivity index (χ0v) is 15.9. The van der Waals surface area contributed by atoms with Crippen molar-refractivity contribution in [2.75, 3.05) is 13.6 Å². The number of allylic oxidation sites excluding steroid dienone is 1. The lowest BCUT2D eigenvalue weighted by molar-refractivity contribution is -0.0234. The van der Waals surface area contributed by atoms with Crippen molar-refractivity contribution in [1.29, 1.82) is 0 Å². The highest BCUT2D eigenvalue weighted by molar-refractivity contribution is 9.10. The third-order valence-corrected chi connectivity index (χ3v) is 4.40. The van der Waals surface area contributed by atoms with Crippen LogP contribution < -0.4 is 4.84 Å². The molecule has 0 unspecified atom stereocenters. The van der Waals surface area contributed by atoms with Crippen LogP contribution in [-0.4, -0.2) is 28.4 Å². The molecular formula is C19H19BrFN3O. The lowest BCUT2D eigenvalue weighted by atomic mass is 10.1. The molecule has 0 N–H and O–H groups in total. The Morgan fingerprint density at radius 1 is 1.28 bits per heavy atom. The summed E-state index contributed by atoms with van der Waals surface area (Å²) in [4.78, 5) is 5.60. The number of hydrogen-bond acceptors (Lipinski definition) is 3. The molecule has 0 aliphatic heterocycles. The van der Waals surface area contributed by atoms with Crippen LogP contribution in [-0.2, 0) is 7.05 Å². The van der Waals surface area contributed by atoms with Crippen LogP contribution in [0.3, 0.4) is 0 Å². The van der Waals surface area contributed by atoms with Crippen LogP contribution in [0, 0.1) is 5.82 Å². The Morgan fingerprint density at radius 2 is 2.00 bits per heavy atom. The smallest absolute Gasteiger partial charge is 0.185 e. The third kappa shape index (κ3) is 3.75. The predicted octanol–water partition coefficient (Wildman–Crippen LogP) is 4.94. The average molecular weight is 404 g/mol. The van der Waals surface area contributed by atoms with Gasteiger partial charge < -0.3 is 4.84 Å². The SMILES string of the molecule is CC=CCN(C)Oc1cc2c(cc1F)c(-c1ccc(Br)cc1)nn2C. The second-order valence-corrected chi connectivity index (χ2v) is 6.67. The van der Waals surface area contributed by atoms with Gasteiger partial charge >= 0.3 is 0 Å². The summed E-state index contributed by atoms with van der Waals surface area (Å²) in [5.74, 6) is -0.226. The molecule has 6 heteroatoms. The first-order valence-corrected chi connectivity index (χ1v) is 8.71. The topological polar surface area (TPSA) is 30.3 Å². The molecule has 3 rings (SSSR count). The highest BCUT2D eigenvalue weighted by Gasteiger charge is 2.16. The van der Waals surface area contributed by atoms with Crippen molar-refractivity contribution in [2.24, 2.45) is 7.05 Å². The molecule has 130 valence electrons. The number of rotatable bonds is 5. The first-order valence-electron chi connectivity index (χ1n) is 7.92. The third-order valence-electron chi connectivity index (χ3n) is 3.87. The first kappa shape index (κ1) is 17.6. The summed E-state index contributed by atoms with van der Waals surface area (Å²) in [6.45, 7) is 2.50. The summed E-state index contributed by atoms with van der Waals surface area (Å²) in [6.07, 6.45) is 3.86. The number of benzene rings is 2. The van der Waals surface area contributed by atoms with Gasteiger partial charge in [0.1, 0.15) is 5.69 Å². The van der Waals surface area contributed by atoms with E-state index in [-0.39, 0.29) is 5.75 Å². The number of fused-ring (bicyclic) bond motifs is 1. The summed E-state index contributed by atoms with van der Waals surface area (Å²) in [5.41, 5.74) is 2.50. The highest BCUT2D eigenvalue weighted by atomic mass is 79.9. The van der Waals surface area contributed by atoms with Gasteiger partial charge in [-0.3, -0.25) is 4.68 Å². The second kappa shape index (κ2) is 7.37. The number of aromatic nitrogens is 2. The van der Waals surface area contributed by atoms with Crippen LogP contribution in [0.2, 0.25) is 0 Å². The summed E-state index contributed by atoms with van der Waals surface area (Å²) in [7, 11) is 3.61. The van der Waals surface area contributed by atoms with Crippen LogP contribution in [0.1, 0.15) is 6.92 Å². The van der Waals surface area contributed by atoms with Crippen LogP contribution in [0.15, 0.2) is 53.0 Å². The van der Waals surface area contributed by atoms with Gasteiger partial charge in [-0.25, -0.2) is 4.39 Å². The van der Waals surface area contributed by atoms with Gasteiger partial charge in [0.25, 0.3) is 0 Å². The van der Waals surface area contributed by atoms with Gasteiger partial charge in [0.2, 0.25) is 0 Å². The highest BCUT2D eigenvalue weighted by Crippen LogP contribution is 2.32. The molecule has 2 aromatic carbocycles. The number of likely N-dealkylation sites (N-methyl/N-ethyl adjacent to an activating group) is 1. The standard InChI is InChI=1S/C19H19BrFN3O/c1-4-5-10-23(2)25-18-12-17-15(11-16(18)21)19(22-24(17)3)13-6-8-14(20)9-7-13/h4-9,11-12H,10H2,1-3H3. The molecule has 3 aromatic rings. The molecule has 0 saturated carbocycles. The zero-order valence-electron chi connectivity index (χ0n) is 14.3. The number of aryl methyl sites for hydroxylation is 1. The van der Waals surface area contributed by atoms with E-state index in [4.69, 9.17) is 4.84 Å². The van der Waals surface area contributed by atoms with Crippen LogP contribution >= 0.6 is 15.9 Å². The maximum atomic E-state index is 14.6. The van der Waals surface area contributed by atoms with E-state index in [0.717, 1.165) is 26.6 Å². The minimum Gasteiger partial charge on any atom is -0.403 e. The van der Waals surface area contributed by atoms with Crippen molar-refractivity contribution in [2.45, 2.75) is 6.92 Å². The van der Waals surface area contributed by atoms with E-state index in [1.807, 2.05) is 50.4 Å². The summed E-state index contributed by atoms with van der Waals surface area (Å²) in [6, 6.07) is 11.0. The van der Waals surface area contributed by atoms with Crippen LogP contribution in [0.5, 0.6) is 5.75 Å².